The summed E-state index contributed by atoms with van der Waals surface area (Å²) in [6.45, 7) is -0.132. The minimum atomic E-state index is -4.03. The van der Waals surface area contributed by atoms with E-state index in [1.54, 1.807) is 0 Å². The first-order valence-electron chi connectivity index (χ1n) is 10.7. The van der Waals surface area contributed by atoms with E-state index in [0.29, 0.717) is 25.0 Å². The van der Waals surface area contributed by atoms with Crippen LogP contribution in [0.1, 0.15) is 36.0 Å². The van der Waals surface area contributed by atoms with Crippen molar-refractivity contribution in [2.45, 2.75) is 41.4 Å². The molecule has 2 aliphatic rings. The average molecular weight is 529 g/mol. The molecule has 2 aliphatic carbocycles. The molecular weight excluding hydrogens is 509 g/mol. The molecule has 8 nitrogen and oxygen atoms in total. The second-order valence-corrected chi connectivity index (χ2v) is 11.4. The number of hydrogen-bond acceptors (Lipinski definition) is 5. The lowest BCUT2D eigenvalue weighted by atomic mass is 9.74. The molecule has 186 valence electrons. The molecule has 4 rings (SSSR count). The van der Waals surface area contributed by atoms with E-state index in [-0.39, 0.29) is 52.4 Å². The summed E-state index contributed by atoms with van der Waals surface area (Å²) < 4.78 is 67.1. The number of benzene rings is 2. The Labute approximate surface area is 203 Å². The fourth-order valence-electron chi connectivity index (χ4n) is 5.14. The molecular formula is C22H20ClF3N4O4S. The van der Waals surface area contributed by atoms with Gasteiger partial charge in [-0.05, 0) is 61.2 Å². The first-order valence-corrected chi connectivity index (χ1v) is 12.6. The predicted octanol–water partition coefficient (Wildman–Crippen LogP) is 5.01. The van der Waals surface area contributed by atoms with E-state index in [1.807, 2.05) is 0 Å². The Kier molecular flexibility index (Phi) is 6.76. The minimum absolute atomic E-state index is 0.109. The molecule has 0 spiro atoms. The number of hydrogen-bond donors (Lipinski definition) is 2. The Morgan fingerprint density at radius 3 is 2.34 bits per heavy atom. The highest BCUT2D eigenvalue weighted by molar-refractivity contribution is 7.92. The molecule has 2 N–H and O–H groups in total. The molecule has 2 saturated carbocycles. The van der Waals surface area contributed by atoms with Crippen LogP contribution in [0, 0.1) is 29.3 Å². The van der Waals surface area contributed by atoms with Crippen LogP contribution in [0.2, 0.25) is 5.02 Å². The lowest BCUT2D eigenvalue weighted by molar-refractivity contribution is -0.0496. The fourth-order valence-corrected chi connectivity index (χ4v) is 7.54. The summed E-state index contributed by atoms with van der Waals surface area (Å²) >= 11 is 6.18. The molecule has 35 heavy (non-hydrogen) atoms. The number of carbonyl (C=O) groups excluding carboxylic acids is 1. The van der Waals surface area contributed by atoms with Crippen LogP contribution in [0.5, 0.6) is 0 Å². The molecule has 3 unspecified atom stereocenters. The van der Waals surface area contributed by atoms with Gasteiger partial charge in [0.2, 0.25) is 0 Å². The van der Waals surface area contributed by atoms with Gasteiger partial charge < -0.3 is 10.4 Å². The van der Waals surface area contributed by atoms with Gasteiger partial charge in [-0.25, -0.2) is 21.6 Å². The van der Waals surface area contributed by atoms with E-state index in [4.69, 9.17) is 17.1 Å². The number of anilines is 1. The summed E-state index contributed by atoms with van der Waals surface area (Å²) in [7, 11) is -4.03. The third-order valence-electron chi connectivity index (χ3n) is 6.94. The highest BCUT2D eigenvalue weighted by Gasteiger charge is 2.55. The smallest absolute Gasteiger partial charge is 0.255 e. The highest BCUT2D eigenvalue weighted by atomic mass is 35.5. The fraction of sp³-hybridized carbons (Fsp3) is 0.409. The second-order valence-electron chi connectivity index (χ2n) is 8.84. The third kappa shape index (κ3) is 4.58. The van der Waals surface area contributed by atoms with Crippen LogP contribution in [0.3, 0.4) is 0 Å². The molecule has 0 radical (unpaired) electrons. The summed E-state index contributed by atoms with van der Waals surface area (Å²) in [5.74, 6) is -6.30. The number of amides is 1. The molecule has 2 aromatic rings. The largest absolute Gasteiger partial charge is 0.389 e. The van der Waals surface area contributed by atoms with Crippen molar-refractivity contribution in [2.24, 2.45) is 17.0 Å². The zero-order chi connectivity index (χ0) is 25.5. The Morgan fingerprint density at radius 1 is 1.17 bits per heavy atom. The first-order chi connectivity index (χ1) is 16.5. The van der Waals surface area contributed by atoms with Crippen LogP contribution in [0.25, 0.3) is 10.4 Å². The van der Waals surface area contributed by atoms with Crippen molar-refractivity contribution in [3.63, 3.8) is 0 Å². The van der Waals surface area contributed by atoms with Crippen LogP contribution in [0.15, 0.2) is 40.3 Å². The van der Waals surface area contributed by atoms with Crippen molar-refractivity contribution >= 4 is 33.0 Å². The molecule has 13 heteroatoms. The number of nitrogens with one attached hydrogen (secondary N) is 1. The van der Waals surface area contributed by atoms with E-state index in [9.17, 15) is 31.5 Å². The van der Waals surface area contributed by atoms with Gasteiger partial charge in [0, 0.05) is 28.3 Å². The van der Waals surface area contributed by atoms with Gasteiger partial charge in [-0.15, -0.1) is 0 Å². The van der Waals surface area contributed by atoms with Gasteiger partial charge in [-0.3, -0.25) is 4.79 Å². The predicted molar refractivity (Wildman–Crippen MR) is 121 cm³/mol. The van der Waals surface area contributed by atoms with Crippen molar-refractivity contribution in [3.05, 3.63) is 68.8 Å². The van der Waals surface area contributed by atoms with Crippen LogP contribution < -0.4 is 5.32 Å². The lowest BCUT2D eigenvalue weighted by Gasteiger charge is -2.41. The van der Waals surface area contributed by atoms with Crippen LogP contribution >= 0.6 is 11.6 Å². The maximum atomic E-state index is 13.5. The number of azide groups is 1. The molecule has 2 fully saturated rings. The van der Waals surface area contributed by atoms with Crippen molar-refractivity contribution in [2.75, 3.05) is 11.9 Å². The SMILES string of the molecule is [N-]=[N+]=NCC1(O)C2CC[C@H]1CC(S(=O)(=O)c1cc(C(=O)Nc3cc(F)c(F)c(F)c3)ccc1Cl)C2. The van der Waals surface area contributed by atoms with Gasteiger partial charge in [0.1, 0.15) is 0 Å². The van der Waals surface area contributed by atoms with Gasteiger partial charge in [0.15, 0.2) is 27.3 Å². The van der Waals surface area contributed by atoms with E-state index < -0.39 is 44.0 Å². The average Bonchev–Trinajstić information content (AvgIpc) is 2.97. The minimum Gasteiger partial charge on any atom is -0.389 e. The van der Waals surface area contributed by atoms with E-state index >= 15 is 0 Å². The van der Waals surface area contributed by atoms with Crippen LogP contribution in [0.4, 0.5) is 18.9 Å². The summed E-state index contributed by atoms with van der Waals surface area (Å²) in [5, 5.41) is 15.7. The van der Waals surface area contributed by atoms with Crippen LogP contribution in [-0.2, 0) is 9.84 Å². The van der Waals surface area contributed by atoms with Gasteiger partial charge in [0.05, 0.1) is 27.3 Å². The summed E-state index contributed by atoms with van der Waals surface area (Å²) in [5.41, 5.74) is 6.86. The first kappa shape index (κ1) is 25.3. The molecule has 0 aliphatic heterocycles. The van der Waals surface area contributed by atoms with Crippen molar-refractivity contribution < 1.29 is 31.5 Å². The standard InChI is InChI=1S/C22H20ClF3N4O4S/c23-16-4-1-11(21(31)29-14-8-17(24)20(26)18(25)9-14)5-19(16)35(33,34)15-6-12-2-3-13(7-15)22(12,32)10-28-30-27/h1,4-5,8-9,12-13,15,32H,2-3,6-7,10H2,(H,29,31)/t12-,13?,15?,22?/m0/s1. The normalized spacial score (nSPS) is 25.7. The Balaban J connectivity index is 1.59. The molecule has 0 heterocycles. The van der Waals surface area contributed by atoms with Crippen molar-refractivity contribution in [1.29, 1.82) is 0 Å². The summed E-state index contributed by atoms with van der Waals surface area (Å²) in [6.07, 6.45) is 1.46. The number of nitrogens with zero attached hydrogens (tertiary/aromatic N) is 3. The van der Waals surface area contributed by atoms with Crippen LogP contribution in [-0.4, -0.2) is 36.8 Å². The maximum absolute atomic E-state index is 13.5. The second kappa shape index (κ2) is 9.34. The molecule has 1 amide bonds. The van der Waals surface area contributed by atoms with E-state index in [2.05, 4.69) is 15.3 Å². The number of fused-ring (bicyclic) bond motifs is 2. The molecule has 4 atom stereocenters. The van der Waals surface area contributed by atoms with Gasteiger partial charge in [-0.2, -0.15) is 0 Å². The summed E-state index contributed by atoms with van der Waals surface area (Å²) in [4.78, 5) is 15.0. The van der Waals surface area contributed by atoms with E-state index in [0.717, 1.165) is 6.07 Å². The number of sulfone groups is 1. The molecule has 0 saturated heterocycles. The van der Waals surface area contributed by atoms with Gasteiger partial charge in [-0.1, -0.05) is 16.7 Å². The number of aliphatic hydroxyl groups is 1. The van der Waals surface area contributed by atoms with Gasteiger partial charge in [0.25, 0.3) is 5.91 Å². The van der Waals surface area contributed by atoms with Crippen molar-refractivity contribution in [1.82, 2.24) is 0 Å². The molecule has 2 bridgehead atoms. The lowest BCUT2D eigenvalue weighted by Crippen LogP contribution is -2.50. The number of halogens is 4. The zero-order valence-electron chi connectivity index (χ0n) is 18.1. The quantitative estimate of drug-likeness (QED) is 0.236. The maximum Gasteiger partial charge on any atom is 0.255 e. The summed E-state index contributed by atoms with van der Waals surface area (Å²) in [6, 6.07) is 4.74. The number of rotatable bonds is 6. The third-order valence-corrected chi connectivity index (χ3v) is 9.60. The number of carbonyl (C=O) groups is 1. The van der Waals surface area contributed by atoms with E-state index in [1.165, 1.54) is 12.1 Å². The highest BCUT2D eigenvalue weighted by Crippen LogP contribution is 2.52. The molecule has 2 aromatic carbocycles. The molecule has 0 aromatic heterocycles. The zero-order valence-corrected chi connectivity index (χ0v) is 19.7. The Morgan fingerprint density at radius 2 is 1.77 bits per heavy atom. The Hall–Kier alpha value is -2.79. The van der Waals surface area contributed by atoms with Gasteiger partial charge >= 0.3 is 0 Å². The van der Waals surface area contributed by atoms with Crippen molar-refractivity contribution in [3.8, 4) is 0 Å². The Bertz CT molecular complexity index is 1310. The topological polar surface area (TPSA) is 132 Å². The monoisotopic (exact) mass is 528 g/mol.